The SMILES string of the molecule is Cc1ccc(OCCCN2C(=O)COc3cc(NC(=O)CC(C)C)ccc32)cc1. The lowest BCUT2D eigenvalue weighted by Gasteiger charge is -2.29. The highest BCUT2D eigenvalue weighted by molar-refractivity contribution is 5.99. The minimum absolute atomic E-state index is 0.00475. The third kappa shape index (κ3) is 5.73. The fraction of sp³-hybridized carbons (Fsp3) is 0.391. The number of carbonyl (C=O) groups is 2. The van der Waals surface area contributed by atoms with Crippen LogP contribution in [0, 0.1) is 12.8 Å². The van der Waals surface area contributed by atoms with E-state index in [0.717, 1.165) is 11.4 Å². The molecule has 29 heavy (non-hydrogen) atoms. The predicted octanol–water partition coefficient (Wildman–Crippen LogP) is 4.17. The molecule has 6 nitrogen and oxygen atoms in total. The van der Waals surface area contributed by atoms with Crippen LogP contribution in [0.3, 0.4) is 0 Å². The lowest BCUT2D eigenvalue weighted by Crippen LogP contribution is -2.39. The van der Waals surface area contributed by atoms with Crippen molar-refractivity contribution in [3.8, 4) is 11.5 Å². The highest BCUT2D eigenvalue weighted by Crippen LogP contribution is 2.34. The Morgan fingerprint density at radius 2 is 1.97 bits per heavy atom. The molecule has 0 aliphatic carbocycles. The number of nitrogens with zero attached hydrogens (tertiary/aromatic N) is 1. The van der Waals surface area contributed by atoms with Gasteiger partial charge in [-0.2, -0.15) is 0 Å². The van der Waals surface area contributed by atoms with Crippen LogP contribution in [0.4, 0.5) is 11.4 Å². The summed E-state index contributed by atoms with van der Waals surface area (Å²) >= 11 is 0. The maximum absolute atomic E-state index is 12.3. The number of amides is 2. The predicted molar refractivity (Wildman–Crippen MR) is 114 cm³/mol. The average molecular weight is 396 g/mol. The molecule has 3 rings (SSSR count). The molecule has 0 unspecified atom stereocenters. The molecule has 1 heterocycles. The summed E-state index contributed by atoms with van der Waals surface area (Å²) < 4.78 is 11.3. The number of hydrogen-bond acceptors (Lipinski definition) is 4. The monoisotopic (exact) mass is 396 g/mol. The van der Waals surface area contributed by atoms with Crippen LogP contribution in [0.15, 0.2) is 42.5 Å². The third-order valence-corrected chi connectivity index (χ3v) is 4.60. The lowest BCUT2D eigenvalue weighted by molar-refractivity contribution is -0.121. The first-order chi connectivity index (χ1) is 13.9. The third-order valence-electron chi connectivity index (χ3n) is 4.60. The largest absolute Gasteiger partial charge is 0.494 e. The molecule has 1 aliphatic rings. The Morgan fingerprint density at radius 3 is 2.69 bits per heavy atom. The Labute approximate surface area is 171 Å². The van der Waals surface area contributed by atoms with E-state index in [4.69, 9.17) is 9.47 Å². The van der Waals surface area contributed by atoms with Crippen LogP contribution in [0.5, 0.6) is 11.5 Å². The van der Waals surface area contributed by atoms with Gasteiger partial charge in [0.2, 0.25) is 5.91 Å². The molecule has 0 aromatic heterocycles. The maximum atomic E-state index is 12.3. The van der Waals surface area contributed by atoms with Crippen LogP contribution in [0.25, 0.3) is 0 Å². The van der Waals surface area contributed by atoms with E-state index in [2.05, 4.69) is 5.32 Å². The van der Waals surface area contributed by atoms with Gasteiger partial charge in [0.15, 0.2) is 6.61 Å². The van der Waals surface area contributed by atoms with E-state index in [1.54, 1.807) is 17.0 Å². The van der Waals surface area contributed by atoms with Crippen molar-refractivity contribution in [3.63, 3.8) is 0 Å². The van der Waals surface area contributed by atoms with Crippen molar-refractivity contribution >= 4 is 23.2 Å². The van der Waals surface area contributed by atoms with Crippen molar-refractivity contribution < 1.29 is 19.1 Å². The van der Waals surface area contributed by atoms with Gasteiger partial charge in [-0.15, -0.1) is 0 Å². The fourth-order valence-corrected chi connectivity index (χ4v) is 3.16. The molecule has 2 aromatic carbocycles. The molecule has 6 heteroatoms. The van der Waals surface area contributed by atoms with Gasteiger partial charge < -0.3 is 19.7 Å². The van der Waals surface area contributed by atoms with Crippen LogP contribution in [-0.4, -0.2) is 31.6 Å². The Morgan fingerprint density at radius 1 is 1.21 bits per heavy atom. The minimum Gasteiger partial charge on any atom is -0.494 e. The minimum atomic E-state index is -0.0792. The Balaban J connectivity index is 1.58. The van der Waals surface area contributed by atoms with Crippen LogP contribution >= 0.6 is 0 Å². The van der Waals surface area contributed by atoms with Gasteiger partial charge in [-0.3, -0.25) is 9.59 Å². The number of ether oxygens (including phenoxy) is 2. The maximum Gasteiger partial charge on any atom is 0.265 e. The molecular formula is C23H28N2O4. The number of fused-ring (bicyclic) bond motifs is 1. The first-order valence-electron chi connectivity index (χ1n) is 9.99. The van der Waals surface area contributed by atoms with Crippen LogP contribution < -0.4 is 19.7 Å². The van der Waals surface area contributed by atoms with Crippen LogP contribution in [-0.2, 0) is 9.59 Å². The summed E-state index contributed by atoms with van der Waals surface area (Å²) in [5, 5.41) is 2.88. The van der Waals surface area contributed by atoms with Gasteiger partial charge in [-0.05, 0) is 43.5 Å². The van der Waals surface area contributed by atoms with Gasteiger partial charge in [0.1, 0.15) is 11.5 Å². The summed E-state index contributed by atoms with van der Waals surface area (Å²) in [6.45, 7) is 7.09. The average Bonchev–Trinajstić information content (AvgIpc) is 2.67. The fourth-order valence-electron chi connectivity index (χ4n) is 3.16. The van der Waals surface area contributed by atoms with Gasteiger partial charge in [0.25, 0.3) is 5.91 Å². The molecule has 0 fully saturated rings. The molecule has 0 saturated heterocycles. The highest BCUT2D eigenvalue weighted by atomic mass is 16.5. The van der Waals surface area contributed by atoms with Gasteiger partial charge in [0, 0.05) is 24.7 Å². The summed E-state index contributed by atoms with van der Waals surface area (Å²) in [7, 11) is 0. The number of aryl methyl sites for hydroxylation is 1. The summed E-state index contributed by atoms with van der Waals surface area (Å²) in [5.74, 6) is 1.61. The smallest absolute Gasteiger partial charge is 0.265 e. The second-order valence-electron chi connectivity index (χ2n) is 7.68. The summed E-state index contributed by atoms with van der Waals surface area (Å²) in [6.07, 6.45) is 1.16. The second kappa shape index (κ2) is 9.45. The number of carbonyl (C=O) groups excluding carboxylic acids is 2. The zero-order valence-electron chi connectivity index (χ0n) is 17.2. The Bertz CT molecular complexity index is 862. The molecule has 154 valence electrons. The van der Waals surface area contributed by atoms with E-state index < -0.39 is 0 Å². The number of rotatable bonds is 8. The molecular weight excluding hydrogens is 368 g/mol. The van der Waals surface area contributed by atoms with E-state index >= 15 is 0 Å². The van der Waals surface area contributed by atoms with Crippen LogP contribution in [0.2, 0.25) is 0 Å². The summed E-state index contributed by atoms with van der Waals surface area (Å²) in [6, 6.07) is 13.3. The normalized spacial score (nSPS) is 13.1. The van der Waals surface area contributed by atoms with Crippen molar-refractivity contribution in [3.05, 3.63) is 48.0 Å². The van der Waals surface area contributed by atoms with E-state index in [9.17, 15) is 9.59 Å². The molecule has 0 bridgehead atoms. The van der Waals surface area contributed by atoms with Crippen molar-refractivity contribution in [1.29, 1.82) is 0 Å². The standard InChI is InChI=1S/C23H28N2O4/c1-16(2)13-22(26)24-18-7-10-20-21(14-18)29-15-23(27)25(20)11-4-12-28-19-8-5-17(3)6-9-19/h5-10,14,16H,4,11-13,15H2,1-3H3,(H,24,26). The van der Waals surface area contributed by atoms with Gasteiger partial charge >= 0.3 is 0 Å². The summed E-state index contributed by atoms with van der Waals surface area (Å²) in [4.78, 5) is 26.0. The molecule has 0 saturated carbocycles. The number of nitrogens with one attached hydrogen (secondary N) is 1. The summed E-state index contributed by atoms with van der Waals surface area (Å²) in [5.41, 5.74) is 2.58. The van der Waals surface area contributed by atoms with Crippen molar-refractivity contribution in [2.45, 2.75) is 33.6 Å². The molecule has 2 aromatic rings. The molecule has 1 aliphatic heterocycles. The first kappa shape index (κ1) is 20.7. The molecule has 1 N–H and O–H groups in total. The number of benzene rings is 2. The van der Waals surface area contributed by atoms with E-state index in [0.29, 0.717) is 43.3 Å². The zero-order chi connectivity index (χ0) is 20.8. The van der Waals surface area contributed by atoms with Crippen LogP contribution in [0.1, 0.15) is 32.3 Å². The zero-order valence-corrected chi connectivity index (χ0v) is 17.2. The van der Waals surface area contributed by atoms with Crippen molar-refractivity contribution in [2.75, 3.05) is 30.0 Å². The van der Waals surface area contributed by atoms with E-state index in [1.807, 2.05) is 51.1 Å². The van der Waals surface area contributed by atoms with Crippen molar-refractivity contribution in [1.82, 2.24) is 0 Å². The lowest BCUT2D eigenvalue weighted by atomic mass is 10.1. The Hall–Kier alpha value is -3.02. The van der Waals surface area contributed by atoms with E-state index in [-0.39, 0.29) is 18.4 Å². The number of anilines is 2. The van der Waals surface area contributed by atoms with Gasteiger partial charge in [-0.25, -0.2) is 0 Å². The molecule has 2 amide bonds. The molecule has 0 atom stereocenters. The van der Waals surface area contributed by atoms with Crippen molar-refractivity contribution in [2.24, 2.45) is 5.92 Å². The number of hydrogen-bond donors (Lipinski definition) is 1. The Kier molecular flexibility index (Phi) is 6.75. The quantitative estimate of drug-likeness (QED) is 0.680. The molecule has 0 spiro atoms. The van der Waals surface area contributed by atoms with E-state index in [1.165, 1.54) is 5.56 Å². The first-order valence-corrected chi connectivity index (χ1v) is 9.99. The highest BCUT2D eigenvalue weighted by Gasteiger charge is 2.25. The topological polar surface area (TPSA) is 67.9 Å². The second-order valence-corrected chi connectivity index (χ2v) is 7.68. The van der Waals surface area contributed by atoms with Gasteiger partial charge in [-0.1, -0.05) is 31.5 Å². The molecule has 0 radical (unpaired) electrons. The van der Waals surface area contributed by atoms with Gasteiger partial charge in [0.05, 0.1) is 12.3 Å².